The molecule has 0 aliphatic heterocycles. The maximum Gasteiger partial charge on any atom is 0.344 e. The minimum Gasteiger partial charge on any atom is -0.609 e. The zero-order chi connectivity index (χ0) is 13.8. The molecule has 1 unspecified atom stereocenters. The SMILES string of the molecule is C[S+]([O-])c1ncc(C#N)c(NC2CCC(O)CC2)n1. The third-order valence-electron chi connectivity index (χ3n) is 3.18. The summed E-state index contributed by atoms with van der Waals surface area (Å²) in [5.41, 5.74) is 0.348. The molecule has 0 radical (unpaired) electrons. The number of aromatic nitrogens is 2. The topological polar surface area (TPSA) is 105 Å². The average Bonchev–Trinajstić information content (AvgIpc) is 2.41. The summed E-state index contributed by atoms with van der Waals surface area (Å²) in [7, 11) is 0. The monoisotopic (exact) mass is 280 g/mol. The van der Waals surface area contributed by atoms with Gasteiger partial charge in [-0.25, -0.2) is 0 Å². The van der Waals surface area contributed by atoms with Gasteiger partial charge in [0.1, 0.15) is 17.9 Å². The highest BCUT2D eigenvalue weighted by Crippen LogP contribution is 2.23. The van der Waals surface area contributed by atoms with E-state index in [1.54, 1.807) is 0 Å². The molecule has 1 heterocycles. The van der Waals surface area contributed by atoms with Gasteiger partial charge in [0, 0.05) is 17.2 Å². The van der Waals surface area contributed by atoms with Crippen LogP contribution in [0.4, 0.5) is 5.82 Å². The largest absolute Gasteiger partial charge is 0.609 e. The Hall–Kier alpha value is -1.36. The summed E-state index contributed by atoms with van der Waals surface area (Å²) in [6.07, 6.45) is 5.83. The summed E-state index contributed by atoms with van der Waals surface area (Å²) >= 11 is -1.27. The van der Waals surface area contributed by atoms with Crippen LogP contribution in [0.5, 0.6) is 0 Å². The summed E-state index contributed by atoms with van der Waals surface area (Å²) in [6, 6.07) is 2.21. The van der Waals surface area contributed by atoms with Crippen molar-refractivity contribution in [3.8, 4) is 6.07 Å². The highest BCUT2D eigenvalue weighted by Gasteiger charge is 2.21. The summed E-state index contributed by atoms with van der Waals surface area (Å²) < 4.78 is 11.4. The van der Waals surface area contributed by atoms with Gasteiger partial charge in [0.15, 0.2) is 5.82 Å². The Morgan fingerprint density at radius 2 is 2.16 bits per heavy atom. The number of hydrogen-bond donors (Lipinski definition) is 2. The van der Waals surface area contributed by atoms with E-state index in [9.17, 15) is 9.66 Å². The van der Waals surface area contributed by atoms with Crippen molar-refractivity contribution >= 4 is 17.0 Å². The summed E-state index contributed by atoms with van der Waals surface area (Å²) in [5, 5.41) is 21.9. The molecule has 1 atom stereocenters. The molecular weight excluding hydrogens is 264 g/mol. The van der Waals surface area contributed by atoms with Crippen LogP contribution in [0.2, 0.25) is 0 Å². The van der Waals surface area contributed by atoms with E-state index in [-0.39, 0.29) is 17.3 Å². The third-order valence-corrected chi connectivity index (χ3v) is 3.89. The van der Waals surface area contributed by atoms with Crippen molar-refractivity contribution in [3.63, 3.8) is 0 Å². The molecule has 1 aromatic rings. The van der Waals surface area contributed by atoms with Crippen molar-refractivity contribution in [1.82, 2.24) is 9.97 Å². The van der Waals surface area contributed by atoms with Crippen molar-refractivity contribution in [2.24, 2.45) is 0 Å². The van der Waals surface area contributed by atoms with Crippen LogP contribution in [0.3, 0.4) is 0 Å². The fraction of sp³-hybridized carbons (Fsp3) is 0.583. The lowest BCUT2D eigenvalue weighted by molar-refractivity contribution is 0.126. The third kappa shape index (κ3) is 3.56. The standard InChI is InChI=1S/C12H16N4O2S/c1-19(18)12-14-7-8(6-13)11(16-12)15-9-2-4-10(17)5-3-9/h7,9-10,17H,2-5H2,1H3,(H,14,15,16). The van der Waals surface area contributed by atoms with Gasteiger partial charge in [0.2, 0.25) is 0 Å². The van der Waals surface area contributed by atoms with E-state index in [2.05, 4.69) is 15.3 Å². The van der Waals surface area contributed by atoms with Crippen LogP contribution >= 0.6 is 0 Å². The van der Waals surface area contributed by atoms with Crippen LogP contribution in [0.1, 0.15) is 31.2 Å². The second kappa shape index (κ2) is 6.19. The van der Waals surface area contributed by atoms with E-state index in [0.29, 0.717) is 11.4 Å². The van der Waals surface area contributed by atoms with Crippen molar-refractivity contribution in [2.45, 2.75) is 43.0 Å². The Kier molecular flexibility index (Phi) is 4.58. The molecule has 2 N–H and O–H groups in total. The van der Waals surface area contributed by atoms with Gasteiger partial charge in [-0.3, -0.25) is 0 Å². The number of nitrogens with one attached hydrogen (secondary N) is 1. The molecule has 0 amide bonds. The highest BCUT2D eigenvalue weighted by molar-refractivity contribution is 7.90. The molecule has 0 spiro atoms. The lowest BCUT2D eigenvalue weighted by atomic mass is 9.93. The average molecular weight is 280 g/mol. The Morgan fingerprint density at radius 1 is 1.47 bits per heavy atom. The molecule has 1 fully saturated rings. The molecule has 1 aliphatic rings. The van der Waals surface area contributed by atoms with Gasteiger partial charge in [-0.05, 0) is 25.7 Å². The normalized spacial score (nSPS) is 24.5. The van der Waals surface area contributed by atoms with E-state index in [1.807, 2.05) is 6.07 Å². The number of aliphatic hydroxyl groups excluding tert-OH is 1. The van der Waals surface area contributed by atoms with Crippen LogP contribution < -0.4 is 5.32 Å². The second-order valence-corrected chi connectivity index (χ2v) is 5.90. The number of nitriles is 1. The molecular formula is C12H16N4O2S. The Labute approximate surface area is 115 Å². The van der Waals surface area contributed by atoms with E-state index in [1.165, 1.54) is 12.5 Å². The number of rotatable bonds is 3. The van der Waals surface area contributed by atoms with Crippen molar-refractivity contribution in [1.29, 1.82) is 5.26 Å². The molecule has 7 heteroatoms. The molecule has 1 saturated carbocycles. The van der Waals surface area contributed by atoms with Crippen LogP contribution in [0, 0.1) is 11.3 Å². The molecule has 0 aromatic carbocycles. The maximum absolute atomic E-state index is 11.4. The second-order valence-electron chi connectivity index (χ2n) is 4.63. The fourth-order valence-electron chi connectivity index (χ4n) is 2.11. The van der Waals surface area contributed by atoms with Crippen LogP contribution in [0.25, 0.3) is 0 Å². The molecule has 1 aliphatic carbocycles. The summed E-state index contributed by atoms with van der Waals surface area (Å²) in [4.78, 5) is 8.05. The van der Waals surface area contributed by atoms with Crippen molar-refractivity contribution in [2.75, 3.05) is 11.6 Å². The van der Waals surface area contributed by atoms with Crippen LogP contribution in [0.15, 0.2) is 11.4 Å². The van der Waals surface area contributed by atoms with E-state index >= 15 is 0 Å². The molecule has 102 valence electrons. The lowest BCUT2D eigenvalue weighted by Gasteiger charge is -2.26. The Bertz CT molecular complexity index is 481. The van der Waals surface area contributed by atoms with Gasteiger partial charge in [-0.2, -0.15) is 15.2 Å². The minimum absolute atomic E-state index is 0.184. The predicted octanol–water partition coefficient (Wildman–Crippen LogP) is 0.801. The first-order valence-corrected chi connectivity index (χ1v) is 7.71. The first-order valence-electron chi connectivity index (χ1n) is 6.15. The summed E-state index contributed by atoms with van der Waals surface area (Å²) in [6.45, 7) is 0. The quantitative estimate of drug-likeness (QED) is 0.627. The Morgan fingerprint density at radius 3 is 2.74 bits per heavy atom. The fourth-order valence-corrected chi connectivity index (χ4v) is 2.53. The van der Waals surface area contributed by atoms with Gasteiger partial charge in [0.25, 0.3) is 0 Å². The Balaban J connectivity index is 2.14. The molecule has 0 bridgehead atoms. The zero-order valence-electron chi connectivity index (χ0n) is 10.7. The number of nitrogens with zero attached hydrogens (tertiary/aromatic N) is 3. The van der Waals surface area contributed by atoms with Crippen LogP contribution in [-0.4, -0.2) is 38.0 Å². The molecule has 6 nitrogen and oxygen atoms in total. The van der Waals surface area contributed by atoms with Crippen LogP contribution in [-0.2, 0) is 11.2 Å². The maximum atomic E-state index is 11.4. The van der Waals surface area contributed by atoms with Gasteiger partial charge in [-0.1, -0.05) is 0 Å². The number of hydrogen-bond acceptors (Lipinski definition) is 6. The molecule has 1 aromatic heterocycles. The summed E-state index contributed by atoms with van der Waals surface area (Å²) in [5.74, 6) is 0.434. The molecule has 2 rings (SSSR count). The van der Waals surface area contributed by atoms with Crippen molar-refractivity contribution < 1.29 is 9.66 Å². The number of aliphatic hydroxyl groups is 1. The van der Waals surface area contributed by atoms with E-state index < -0.39 is 11.2 Å². The van der Waals surface area contributed by atoms with Gasteiger partial charge in [-0.15, -0.1) is 0 Å². The first kappa shape index (κ1) is 14.1. The van der Waals surface area contributed by atoms with E-state index in [4.69, 9.17) is 5.26 Å². The van der Waals surface area contributed by atoms with Crippen molar-refractivity contribution in [3.05, 3.63) is 11.8 Å². The van der Waals surface area contributed by atoms with E-state index in [0.717, 1.165) is 25.7 Å². The van der Waals surface area contributed by atoms with Gasteiger partial charge in [0.05, 0.1) is 12.3 Å². The van der Waals surface area contributed by atoms with Gasteiger partial charge < -0.3 is 15.0 Å². The smallest absolute Gasteiger partial charge is 0.344 e. The highest BCUT2D eigenvalue weighted by atomic mass is 32.2. The number of anilines is 1. The van der Waals surface area contributed by atoms with Gasteiger partial charge >= 0.3 is 5.16 Å². The lowest BCUT2D eigenvalue weighted by Crippen LogP contribution is -2.29. The zero-order valence-corrected chi connectivity index (χ0v) is 11.5. The predicted molar refractivity (Wildman–Crippen MR) is 71.0 cm³/mol. The molecule has 19 heavy (non-hydrogen) atoms. The first-order chi connectivity index (χ1) is 9.10. The molecule has 0 saturated heterocycles. The minimum atomic E-state index is -1.27.